The van der Waals surface area contributed by atoms with Crippen molar-refractivity contribution in [2.75, 3.05) is 7.11 Å². The molecule has 0 radical (unpaired) electrons. The topological polar surface area (TPSA) is 26.3 Å². The van der Waals surface area contributed by atoms with Crippen molar-refractivity contribution in [1.29, 1.82) is 0 Å². The van der Waals surface area contributed by atoms with Gasteiger partial charge < -0.3 is 4.74 Å². The summed E-state index contributed by atoms with van der Waals surface area (Å²) in [6, 6.07) is 11.4. The quantitative estimate of drug-likeness (QED) is 0.778. The molecular formula is C17H18O2. The lowest BCUT2D eigenvalue weighted by atomic mass is 9.93. The average molecular weight is 254 g/mol. The summed E-state index contributed by atoms with van der Waals surface area (Å²) in [6.45, 7) is 6.00. The van der Waals surface area contributed by atoms with Crippen LogP contribution in [0.4, 0.5) is 0 Å². The van der Waals surface area contributed by atoms with E-state index in [4.69, 9.17) is 4.74 Å². The van der Waals surface area contributed by atoms with Crippen LogP contribution in [0, 0.1) is 20.8 Å². The van der Waals surface area contributed by atoms with Crippen molar-refractivity contribution in [3.8, 4) is 5.75 Å². The molecule has 0 amide bonds. The smallest absolute Gasteiger partial charge is 0.193 e. The molecule has 2 aromatic rings. The highest BCUT2D eigenvalue weighted by Gasteiger charge is 2.15. The monoisotopic (exact) mass is 254 g/mol. The molecule has 0 bridgehead atoms. The van der Waals surface area contributed by atoms with Crippen molar-refractivity contribution in [2.45, 2.75) is 20.8 Å². The summed E-state index contributed by atoms with van der Waals surface area (Å²) in [6.07, 6.45) is 0. The van der Waals surface area contributed by atoms with E-state index in [2.05, 4.69) is 0 Å². The van der Waals surface area contributed by atoms with Gasteiger partial charge in [-0.15, -0.1) is 0 Å². The average Bonchev–Trinajstić information content (AvgIpc) is 2.37. The molecule has 0 spiro atoms. The minimum atomic E-state index is 0.0499. The predicted molar refractivity (Wildman–Crippen MR) is 77.1 cm³/mol. The second-order valence-electron chi connectivity index (χ2n) is 4.83. The molecule has 0 unspecified atom stereocenters. The Kier molecular flexibility index (Phi) is 3.70. The fraction of sp³-hybridized carbons (Fsp3) is 0.235. The van der Waals surface area contributed by atoms with E-state index in [9.17, 15) is 4.79 Å². The Morgan fingerprint density at radius 2 is 1.63 bits per heavy atom. The van der Waals surface area contributed by atoms with E-state index >= 15 is 0 Å². The van der Waals surface area contributed by atoms with Crippen molar-refractivity contribution in [3.05, 3.63) is 64.2 Å². The Bertz CT molecular complexity index is 604. The van der Waals surface area contributed by atoms with Gasteiger partial charge in [0.05, 0.1) is 7.11 Å². The second kappa shape index (κ2) is 5.27. The number of carbonyl (C=O) groups excluding carboxylic acids is 1. The molecule has 19 heavy (non-hydrogen) atoms. The van der Waals surface area contributed by atoms with Gasteiger partial charge in [-0.3, -0.25) is 4.79 Å². The van der Waals surface area contributed by atoms with E-state index in [-0.39, 0.29) is 5.78 Å². The summed E-state index contributed by atoms with van der Waals surface area (Å²) >= 11 is 0. The largest absolute Gasteiger partial charge is 0.497 e. The van der Waals surface area contributed by atoms with Crippen molar-refractivity contribution in [3.63, 3.8) is 0 Å². The molecule has 0 aliphatic heterocycles. The van der Waals surface area contributed by atoms with Crippen LogP contribution in [0.3, 0.4) is 0 Å². The third-order valence-corrected chi connectivity index (χ3v) is 3.24. The molecule has 2 aromatic carbocycles. The number of rotatable bonds is 3. The van der Waals surface area contributed by atoms with Crippen LogP contribution in [0.2, 0.25) is 0 Å². The Morgan fingerprint density at radius 1 is 1.00 bits per heavy atom. The summed E-state index contributed by atoms with van der Waals surface area (Å²) in [5.74, 6) is 0.752. The van der Waals surface area contributed by atoms with Gasteiger partial charge in [0.15, 0.2) is 5.78 Å². The number of ketones is 1. The number of aryl methyl sites for hydroxylation is 3. The van der Waals surface area contributed by atoms with Gasteiger partial charge in [-0.25, -0.2) is 0 Å². The van der Waals surface area contributed by atoms with Gasteiger partial charge in [-0.1, -0.05) is 29.8 Å². The molecule has 0 aliphatic rings. The van der Waals surface area contributed by atoms with E-state index in [0.717, 1.165) is 16.7 Å². The van der Waals surface area contributed by atoms with E-state index in [1.807, 2.05) is 51.1 Å². The molecule has 98 valence electrons. The maximum atomic E-state index is 12.6. The first-order valence-electron chi connectivity index (χ1n) is 6.29. The molecule has 0 aliphatic carbocycles. The molecule has 0 aromatic heterocycles. The Hall–Kier alpha value is -2.09. The molecule has 2 heteroatoms. The van der Waals surface area contributed by atoms with E-state index in [1.54, 1.807) is 13.2 Å². The van der Waals surface area contributed by atoms with Crippen LogP contribution in [0.15, 0.2) is 36.4 Å². The van der Waals surface area contributed by atoms with Gasteiger partial charge in [-0.05, 0) is 44.0 Å². The number of benzene rings is 2. The van der Waals surface area contributed by atoms with Crippen molar-refractivity contribution in [2.24, 2.45) is 0 Å². The van der Waals surface area contributed by atoms with Crippen molar-refractivity contribution >= 4 is 5.78 Å². The molecule has 0 saturated heterocycles. The molecule has 0 heterocycles. The molecule has 2 rings (SSSR count). The number of hydrogen-bond donors (Lipinski definition) is 0. The normalized spacial score (nSPS) is 10.3. The van der Waals surface area contributed by atoms with Gasteiger partial charge in [0.25, 0.3) is 0 Å². The standard InChI is InChI=1S/C17H18O2/c1-11-8-12(2)16(13(3)9-11)17(18)14-6-5-7-15(10-14)19-4/h5-10H,1-4H3. The van der Waals surface area contributed by atoms with E-state index in [0.29, 0.717) is 11.3 Å². The molecule has 0 saturated carbocycles. The highest BCUT2D eigenvalue weighted by molar-refractivity contribution is 6.11. The molecule has 0 N–H and O–H groups in total. The summed E-state index contributed by atoms with van der Waals surface area (Å²) in [5, 5.41) is 0. The first kappa shape index (κ1) is 13.3. The van der Waals surface area contributed by atoms with Crippen LogP contribution >= 0.6 is 0 Å². The van der Waals surface area contributed by atoms with Crippen LogP contribution in [0.25, 0.3) is 0 Å². The van der Waals surface area contributed by atoms with E-state index < -0.39 is 0 Å². The van der Waals surface area contributed by atoms with Gasteiger partial charge >= 0.3 is 0 Å². The lowest BCUT2D eigenvalue weighted by Crippen LogP contribution is -2.07. The van der Waals surface area contributed by atoms with Gasteiger partial charge in [-0.2, -0.15) is 0 Å². The van der Waals surface area contributed by atoms with Gasteiger partial charge in [0.1, 0.15) is 5.75 Å². The zero-order chi connectivity index (χ0) is 14.0. The summed E-state index contributed by atoms with van der Waals surface area (Å²) < 4.78 is 5.17. The predicted octanol–water partition coefficient (Wildman–Crippen LogP) is 3.85. The fourth-order valence-electron chi connectivity index (χ4n) is 2.45. The van der Waals surface area contributed by atoms with E-state index in [1.165, 1.54) is 5.56 Å². The number of methoxy groups -OCH3 is 1. The van der Waals surface area contributed by atoms with Gasteiger partial charge in [0.2, 0.25) is 0 Å². The van der Waals surface area contributed by atoms with Crippen LogP contribution < -0.4 is 4.74 Å². The van der Waals surface area contributed by atoms with Crippen LogP contribution in [-0.2, 0) is 0 Å². The van der Waals surface area contributed by atoms with Crippen LogP contribution in [0.1, 0.15) is 32.6 Å². The third-order valence-electron chi connectivity index (χ3n) is 3.24. The maximum absolute atomic E-state index is 12.6. The summed E-state index contributed by atoms with van der Waals surface area (Å²) in [7, 11) is 1.60. The molecule has 0 fully saturated rings. The molecule has 2 nitrogen and oxygen atoms in total. The number of hydrogen-bond acceptors (Lipinski definition) is 2. The SMILES string of the molecule is COc1cccc(C(=O)c2c(C)cc(C)cc2C)c1. The highest BCUT2D eigenvalue weighted by atomic mass is 16.5. The number of carbonyl (C=O) groups is 1. The Balaban J connectivity index is 2.50. The van der Waals surface area contributed by atoms with Crippen LogP contribution in [-0.4, -0.2) is 12.9 Å². The highest BCUT2D eigenvalue weighted by Crippen LogP contribution is 2.22. The Labute approximate surface area is 114 Å². The maximum Gasteiger partial charge on any atom is 0.193 e. The fourth-order valence-corrected chi connectivity index (χ4v) is 2.45. The lowest BCUT2D eigenvalue weighted by molar-refractivity contribution is 0.103. The van der Waals surface area contributed by atoms with Crippen molar-refractivity contribution < 1.29 is 9.53 Å². The number of ether oxygens (including phenoxy) is 1. The second-order valence-corrected chi connectivity index (χ2v) is 4.83. The first-order valence-corrected chi connectivity index (χ1v) is 6.29. The molecular weight excluding hydrogens is 236 g/mol. The van der Waals surface area contributed by atoms with Gasteiger partial charge in [0, 0.05) is 11.1 Å². The van der Waals surface area contributed by atoms with Crippen molar-refractivity contribution in [1.82, 2.24) is 0 Å². The minimum absolute atomic E-state index is 0.0499. The minimum Gasteiger partial charge on any atom is -0.497 e. The molecule has 0 atom stereocenters. The lowest BCUT2D eigenvalue weighted by Gasteiger charge is -2.11. The van der Waals surface area contributed by atoms with Crippen LogP contribution in [0.5, 0.6) is 5.75 Å². The third kappa shape index (κ3) is 2.68. The summed E-state index contributed by atoms with van der Waals surface area (Å²) in [4.78, 5) is 12.6. The summed E-state index contributed by atoms with van der Waals surface area (Å²) in [5.41, 5.74) is 4.67. The zero-order valence-corrected chi connectivity index (χ0v) is 11.8. The Morgan fingerprint density at radius 3 is 2.21 bits per heavy atom. The zero-order valence-electron chi connectivity index (χ0n) is 11.8. The first-order chi connectivity index (χ1) is 9.02.